The summed E-state index contributed by atoms with van der Waals surface area (Å²) in [6, 6.07) is 0. The van der Waals surface area contributed by atoms with Crippen molar-refractivity contribution in [3.63, 3.8) is 0 Å². The fraction of sp³-hybridized carbons (Fsp3) is 0.111. The monoisotopic (exact) mass is 118 g/mol. The molecule has 0 aromatic heterocycles. The minimum absolute atomic E-state index is 1.11. The molecule has 0 radical (unpaired) electrons. The molecule has 0 aromatic carbocycles. The summed E-state index contributed by atoms with van der Waals surface area (Å²) in [6.07, 6.45) is 12.1. The van der Waals surface area contributed by atoms with Crippen molar-refractivity contribution >= 4 is 0 Å². The van der Waals surface area contributed by atoms with E-state index >= 15 is 0 Å². The number of rotatable bonds is 2. The van der Waals surface area contributed by atoms with Gasteiger partial charge in [-0.2, -0.15) is 0 Å². The van der Waals surface area contributed by atoms with Gasteiger partial charge in [-0.25, -0.2) is 0 Å². The summed E-state index contributed by atoms with van der Waals surface area (Å²) >= 11 is 0. The predicted octanol–water partition coefficient (Wildman–Crippen LogP) is 2.31. The lowest BCUT2D eigenvalue weighted by Crippen LogP contribution is -1.60. The molecule has 0 saturated heterocycles. The smallest absolute Gasteiger partial charge is 0.0122 e. The lowest BCUT2D eigenvalue weighted by atomic mass is 10.3. The summed E-state index contributed by atoms with van der Waals surface area (Å²) in [5, 5.41) is 0. The molecule has 0 heteroatoms. The molecule has 0 fully saturated rings. The Hall–Kier alpha value is -1.22. The van der Waals surface area contributed by atoms with Gasteiger partial charge in [0.25, 0.3) is 0 Å². The van der Waals surface area contributed by atoms with Gasteiger partial charge in [-0.1, -0.05) is 36.3 Å². The maximum Gasteiger partial charge on any atom is -0.0122 e. The molecule has 0 amide bonds. The van der Waals surface area contributed by atoms with Crippen LogP contribution in [0.1, 0.15) is 6.92 Å². The molecular weight excluding hydrogens is 108 g/mol. The van der Waals surface area contributed by atoms with Crippen LogP contribution in [0.5, 0.6) is 0 Å². The molecule has 0 saturated carbocycles. The minimum Gasteiger partial charge on any atom is -0.115 e. The molecule has 0 spiro atoms. The first-order valence-corrected chi connectivity index (χ1v) is 2.73. The largest absolute Gasteiger partial charge is 0.115 e. The lowest BCUT2D eigenvalue weighted by Gasteiger charge is -1.81. The van der Waals surface area contributed by atoms with Gasteiger partial charge in [-0.15, -0.1) is 6.42 Å². The Morgan fingerprint density at radius 2 is 2.33 bits per heavy atom. The van der Waals surface area contributed by atoms with Crippen LogP contribution in [0.3, 0.4) is 0 Å². The third-order valence-corrected chi connectivity index (χ3v) is 0.874. The molecule has 0 atom stereocenters. The molecule has 9 heavy (non-hydrogen) atoms. The van der Waals surface area contributed by atoms with Crippen molar-refractivity contribution in [3.05, 3.63) is 36.5 Å². The van der Waals surface area contributed by atoms with E-state index in [0.717, 1.165) is 5.57 Å². The lowest BCUT2D eigenvalue weighted by molar-refractivity contribution is 1.54. The van der Waals surface area contributed by atoms with Gasteiger partial charge >= 0.3 is 0 Å². The minimum atomic E-state index is 1.11. The van der Waals surface area contributed by atoms with Gasteiger partial charge in [0.2, 0.25) is 0 Å². The van der Waals surface area contributed by atoms with E-state index in [4.69, 9.17) is 6.42 Å². The van der Waals surface area contributed by atoms with E-state index in [1.54, 1.807) is 12.2 Å². The molecule has 46 valence electrons. The number of allylic oxidation sites excluding steroid dienone is 5. The molecule has 0 unspecified atom stereocenters. The van der Waals surface area contributed by atoms with Crippen LogP contribution in [-0.2, 0) is 0 Å². The summed E-state index contributed by atoms with van der Waals surface area (Å²) in [5.41, 5.74) is 1.11. The number of terminal acetylenes is 1. The maximum absolute atomic E-state index is 4.96. The fourth-order valence-corrected chi connectivity index (χ4v) is 0.323. The SMILES string of the molecule is C#C/C=C\C=C(/C)C=C. The van der Waals surface area contributed by atoms with E-state index < -0.39 is 0 Å². The average Bonchev–Trinajstić information content (AvgIpc) is 1.89. The van der Waals surface area contributed by atoms with Crippen molar-refractivity contribution in [3.8, 4) is 12.3 Å². The molecular formula is C9H10. The van der Waals surface area contributed by atoms with E-state index in [9.17, 15) is 0 Å². The van der Waals surface area contributed by atoms with Crippen LogP contribution in [-0.4, -0.2) is 0 Å². The number of hydrogen-bond donors (Lipinski definition) is 0. The Morgan fingerprint density at radius 1 is 1.67 bits per heavy atom. The topological polar surface area (TPSA) is 0 Å². The van der Waals surface area contributed by atoms with Gasteiger partial charge in [-0.3, -0.25) is 0 Å². The Balaban J connectivity index is 3.86. The summed E-state index contributed by atoms with van der Waals surface area (Å²) in [4.78, 5) is 0. The van der Waals surface area contributed by atoms with Gasteiger partial charge in [0.05, 0.1) is 0 Å². The van der Waals surface area contributed by atoms with Crippen molar-refractivity contribution in [2.24, 2.45) is 0 Å². The second kappa shape index (κ2) is 4.93. The van der Waals surface area contributed by atoms with Crippen LogP contribution in [0, 0.1) is 12.3 Å². The van der Waals surface area contributed by atoms with E-state index in [-0.39, 0.29) is 0 Å². The highest BCUT2D eigenvalue weighted by atomic mass is 13.8. The highest BCUT2D eigenvalue weighted by Gasteiger charge is 1.70. The third-order valence-electron chi connectivity index (χ3n) is 0.874. The number of hydrogen-bond acceptors (Lipinski definition) is 0. The Bertz CT molecular complexity index is 175. The molecule has 0 heterocycles. The normalized spacial score (nSPS) is 11.3. The fourth-order valence-electron chi connectivity index (χ4n) is 0.323. The van der Waals surface area contributed by atoms with Gasteiger partial charge in [-0.05, 0) is 13.0 Å². The zero-order valence-corrected chi connectivity index (χ0v) is 5.59. The van der Waals surface area contributed by atoms with Crippen molar-refractivity contribution in [2.75, 3.05) is 0 Å². The quantitative estimate of drug-likeness (QED) is 0.385. The Kier molecular flexibility index (Phi) is 4.26. The first kappa shape index (κ1) is 7.78. The first-order chi connectivity index (χ1) is 4.31. The zero-order valence-electron chi connectivity index (χ0n) is 5.59. The second-order valence-electron chi connectivity index (χ2n) is 1.64. The van der Waals surface area contributed by atoms with Crippen LogP contribution >= 0.6 is 0 Å². The summed E-state index contributed by atoms with van der Waals surface area (Å²) in [7, 11) is 0. The molecule has 0 aliphatic heterocycles. The van der Waals surface area contributed by atoms with Crippen LogP contribution in [0.25, 0.3) is 0 Å². The maximum atomic E-state index is 4.96. The van der Waals surface area contributed by atoms with Gasteiger partial charge in [0, 0.05) is 0 Å². The van der Waals surface area contributed by atoms with E-state index in [2.05, 4.69) is 12.5 Å². The predicted molar refractivity (Wildman–Crippen MR) is 41.9 cm³/mol. The van der Waals surface area contributed by atoms with Crippen LogP contribution in [0.4, 0.5) is 0 Å². The third kappa shape index (κ3) is 4.64. The molecule has 0 aromatic rings. The van der Waals surface area contributed by atoms with Gasteiger partial charge in [0.1, 0.15) is 0 Å². The molecule has 0 nitrogen and oxygen atoms in total. The van der Waals surface area contributed by atoms with Gasteiger partial charge in [0.15, 0.2) is 0 Å². The highest BCUT2D eigenvalue weighted by Crippen LogP contribution is 1.91. The van der Waals surface area contributed by atoms with Crippen LogP contribution < -0.4 is 0 Å². The zero-order chi connectivity index (χ0) is 7.11. The van der Waals surface area contributed by atoms with Gasteiger partial charge < -0.3 is 0 Å². The van der Waals surface area contributed by atoms with E-state index in [0.29, 0.717) is 0 Å². The van der Waals surface area contributed by atoms with Crippen LogP contribution in [0.15, 0.2) is 36.5 Å². The first-order valence-electron chi connectivity index (χ1n) is 2.73. The van der Waals surface area contributed by atoms with Crippen molar-refractivity contribution < 1.29 is 0 Å². The Morgan fingerprint density at radius 3 is 2.78 bits per heavy atom. The molecule has 0 rings (SSSR count). The molecule has 0 bridgehead atoms. The van der Waals surface area contributed by atoms with E-state index in [1.807, 2.05) is 19.1 Å². The van der Waals surface area contributed by atoms with Crippen molar-refractivity contribution in [1.29, 1.82) is 0 Å². The second-order valence-corrected chi connectivity index (χ2v) is 1.64. The van der Waals surface area contributed by atoms with Crippen molar-refractivity contribution in [1.82, 2.24) is 0 Å². The molecule has 0 aliphatic carbocycles. The Labute approximate surface area is 56.6 Å². The highest BCUT2D eigenvalue weighted by molar-refractivity contribution is 5.23. The summed E-state index contributed by atoms with van der Waals surface area (Å²) in [6.45, 7) is 5.55. The molecule has 0 N–H and O–H groups in total. The summed E-state index contributed by atoms with van der Waals surface area (Å²) < 4.78 is 0. The average molecular weight is 118 g/mol. The van der Waals surface area contributed by atoms with Crippen LogP contribution in [0.2, 0.25) is 0 Å². The summed E-state index contributed by atoms with van der Waals surface area (Å²) in [5.74, 6) is 2.39. The van der Waals surface area contributed by atoms with E-state index in [1.165, 1.54) is 0 Å². The standard InChI is InChI=1S/C9H10/c1-4-6-7-8-9(3)5-2/h1,5-8H,2H2,3H3/b7-6-,9-8+. The van der Waals surface area contributed by atoms with Crippen molar-refractivity contribution in [2.45, 2.75) is 6.92 Å². The molecule has 0 aliphatic rings.